The highest BCUT2D eigenvalue weighted by Gasteiger charge is 2.31. The van der Waals surface area contributed by atoms with Gasteiger partial charge in [0, 0.05) is 25.3 Å². The number of methoxy groups -OCH3 is 1. The van der Waals surface area contributed by atoms with Crippen molar-refractivity contribution in [2.75, 3.05) is 13.7 Å². The van der Waals surface area contributed by atoms with Gasteiger partial charge in [-0.2, -0.15) is 0 Å². The maximum Gasteiger partial charge on any atom is 0.347 e. The molecule has 0 radical (unpaired) electrons. The second kappa shape index (κ2) is 17.0. The summed E-state index contributed by atoms with van der Waals surface area (Å²) >= 11 is 0. The average Bonchev–Trinajstić information content (AvgIpc) is 3.01. The van der Waals surface area contributed by atoms with Crippen LogP contribution >= 0.6 is 0 Å². The summed E-state index contributed by atoms with van der Waals surface area (Å²) in [5.41, 5.74) is 1.82. The summed E-state index contributed by atoms with van der Waals surface area (Å²) in [4.78, 5) is 52.6. The minimum absolute atomic E-state index is 0.0319. The normalized spacial score (nSPS) is 23.0. The molecule has 0 bridgehead atoms. The van der Waals surface area contributed by atoms with E-state index in [2.05, 4.69) is 10.6 Å². The van der Waals surface area contributed by atoms with Gasteiger partial charge in [-0.05, 0) is 41.7 Å². The molecule has 236 valence electrons. The van der Waals surface area contributed by atoms with Crippen LogP contribution in [-0.4, -0.2) is 55.7 Å². The van der Waals surface area contributed by atoms with Crippen molar-refractivity contribution in [2.24, 2.45) is 17.8 Å². The second-order valence-corrected chi connectivity index (χ2v) is 11.6. The fourth-order valence-corrected chi connectivity index (χ4v) is 4.62. The summed E-state index contributed by atoms with van der Waals surface area (Å²) in [5.74, 6) is -2.41. The summed E-state index contributed by atoms with van der Waals surface area (Å²) in [6, 6.07) is 16.1. The van der Waals surface area contributed by atoms with Crippen LogP contribution in [0.1, 0.15) is 51.7 Å². The largest absolute Gasteiger partial charge is 0.497 e. The fourth-order valence-electron chi connectivity index (χ4n) is 4.62. The minimum atomic E-state index is -1.10. The quantitative estimate of drug-likeness (QED) is 0.421. The summed E-state index contributed by atoms with van der Waals surface area (Å²) in [7, 11) is 1.57. The van der Waals surface area contributed by atoms with E-state index in [1.54, 1.807) is 32.2 Å². The first kappa shape index (κ1) is 34.1. The molecule has 0 spiro atoms. The first-order valence-electron chi connectivity index (χ1n) is 15.1. The first-order chi connectivity index (χ1) is 21.0. The number of esters is 2. The fraction of sp³-hybridized carbons (Fsp3) is 0.429. The van der Waals surface area contributed by atoms with Crippen LogP contribution in [0.25, 0.3) is 6.08 Å². The highest BCUT2D eigenvalue weighted by atomic mass is 16.6. The van der Waals surface area contributed by atoms with E-state index < -0.39 is 47.9 Å². The zero-order chi connectivity index (χ0) is 32.1. The highest BCUT2D eigenvalue weighted by Crippen LogP contribution is 2.20. The van der Waals surface area contributed by atoms with Crippen molar-refractivity contribution in [3.63, 3.8) is 0 Å². The molecule has 2 aromatic rings. The van der Waals surface area contributed by atoms with Gasteiger partial charge in [0.05, 0.1) is 13.0 Å². The third kappa shape index (κ3) is 11.0. The van der Waals surface area contributed by atoms with E-state index in [0.29, 0.717) is 5.75 Å². The molecule has 9 heteroatoms. The molecule has 1 aliphatic heterocycles. The molecule has 2 amide bonds. The Kier molecular flexibility index (Phi) is 13.2. The lowest BCUT2D eigenvalue weighted by atomic mass is 9.99. The molecule has 0 fully saturated rings. The molecule has 3 rings (SSSR count). The van der Waals surface area contributed by atoms with E-state index in [4.69, 9.17) is 14.2 Å². The maximum absolute atomic E-state index is 13.4. The van der Waals surface area contributed by atoms with Crippen LogP contribution in [0.4, 0.5) is 0 Å². The molecule has 0 saturated carbocycles. The van der Waals surface area contributed by atoms with Crippen molar-refractivity contribution in [2.45, 2.75) is 65.2 Å². The highest BCUT2D eigenvalue weighted by molar-refractivity contribution is 5.93. The van der Waals surface area contributed by atoms with Gasteiger partial charge in [0.15, 0.2) is 6.10 Å². The zero-order valence-corrected chi connectivity index (χ0v) is 26.2. The SMILES string of the molecule is COc1ccc(CC2NC(=O)C=CCC(C(C)C=Cc3ccccc3)OC(=O)C(CC(C)C)OC(=O)C(C)CNC2=O)cc1. The van der Waals surface area contributed by atoms with Crippen LogP contribution in [0, 0.1) is 17.8 Å². The Morgan fingerprint density at radius 3 is 2.32 bits per heavy atom. The molecular formula is C35H44N2O7. The number of carbonyl (C=O) groups is 4. The van der Waals surface area contributed by atoms with Crippen LogP contribution in [0.3, 0.4) is 0 Å². The zero-order valence-electron chi connectivity index (χ0n) is 26.2. The molecule has 0 aromatic heterocycles. The van der Waals surface area contributed by atoms with Crippen molar-refractivity contribution >= 4 is 29.8 Å². The van der Waals surface area contributed by atoms with Crippen molar-refractivity contribution in [3.05, 3.63) is 84.0 Å². The molecule has 0 saturated heterocycles. The lowest BCUT2D eigenvalue weighted by Crippen LogP contribution is -2.49. The van der Waals surface area contributed by atoms with E-state index in [9.17, 15) is 19.2 Å². The standard InChI is InChI=1S/C35H44N2O7/c1-23(2)20-31-35(41)43-30(24(3)14-15-26-10-7-6-8-11-26)12-9-13-32(38)37-29(21-27-16-18-28(42-5)19-17-27)33(39)36-22-25(4)34(40)44-31/h6-11,13-19,23-25,29-31H,12,20-22H2,1-5H3,(H,36,39)(H,37,38). The third-order valence-electron chi connectivity index (χ3n) is 7.31. The maximum atomic E-state index is 13.4. The molecule has 5 atom stereocenters. The monoisotopic (exact) mass is 604 g/mol. The van der Waals surface area contributed by atoms with Crippen LogP contribution in [0.2, 0.25) is 0 Å². The smallest absolute Gasteiger partial charge is 0.347 e. The lowest BCUT2D eigenvalue weighted by molar-refractivity contribution is -0.175. The number of ether oxygens (including phenoxy) is 3. The number of amides is 2. The van der Waals surface area contributed by atoms with Crippen LogP contribution in [-0.2, 0) is 35.1 Å². The summed E-state index contributed by atoms with van der Waals surface area (Å²) < 4.78 is 16.8. The van der Waals surface area contributed by atoms with Gasteiger partial charge >= 0.3 is 11.9 Å². The van der Waals surface area contributed by atoms with Gasteiger partial charge in [-0.1, -0.05) is 88.4 Å². The van der Waals surface area contributed by atoms with Crippen molar-refractivity contribution in [1.82, 2.24) is 10.6 Å². The number of rotatable bonds is 8. The molecule has 1 heterocycles. The van der Waals surface area contributed by atoms with Gasteiger partial charge in [0.2, 0.25) is 11.8 Å². The summed E-state index contributed by atoms with van der Waals surface area (Å²) in [5, 5.41) is 5.52. The van der Waals surface area contributed by atoms with Crippen molar-refractivity contribution in [3.8, 4) is 5.75 Å². The van der Waals surface area contributed by atoms with Gasteiger partial charge in [-0.3, -0.25) is 14.4 Å². The van der Waals surface area contributed by atoms with Crippen molar-refractivity contribution in [1.29, 1.82) is 0 Å². The third-order valence-corrected chi connectivity index (χ3v) is 7.31. The van der Waals surface area contributed by atoms with E-state index in [1.807, 2.05) is 75.4 Å². The van der Waals surface area contributed by atoms with Crippen LogP contribution < -0.4 is 15.4 Å². The Morgan fingerprint density at radius 1 is 0.955 bits per heavy atom. The van der Waals surface area contributed by atoms with Gasteiger partial charge in [-0.15, -0.1) is 0 Å². The van der Waals surface area contributed by atoms with Gasteiger partial charge < -0.3 is 24.8 Å². The lowest BCUT2D eigenvalue weighted by Gasteiger charge is -2.26. The van der Waals surface area contributed by atoms with E-state index in [0.717, 1.165) is 11.1 Å². The molecule has 5 unspecified atom stereocenters. The van der Waals surface area contributed by atoms with E-state index in [1.165, 1.54) is 6.08 Å². The number of cyclic esters (lactones) is 2. The van der Waals surface area contributed by atoms with E-state index in [-0.39, 0.29) is 37.6 Å². The molecular weight excluding hydrogens is 560 g/mol. The Hall–Kier alpha value is -4.40. The van der Waals surface area contributed by atoms with E-state index >= 15 is 0 Å². The number of hydrogen-bond acceptors (Lipinski definition) is 7. The van der Waals surface area contributed by atoms with Crippen molar-refractivity contribution < 1.29 is 33.4 Å². The molecule has 9 nitrogen and oxygen atoms in total. The van der Waals surface area contributed by atoms with Crippen LogP contribution in [0.5, 0.6) is 5.75 Å². The molecule has 44 heavy (non-hydrogen) atoms. The molecule has 1 aliphatic rings. The predicted octanol–water partition coefficient (Wildman–Crippen LogP) is 4.65. The molecule has 2 N–H and O–H groups in total. The topological polar surface area (TPSA) is 120 Å². The Labute approximate surface area is 260 Å². The number of hydrogen-bond donors (Lipinski definition) is 2. The average molecular weight is 605 g/mol. The molecule has 2 aromatic carbocycles. The number of benzene rings is 2. The van der Waals surface area contributed by atoms with Gasteiger partial charge in [0.25, 0.3) is 0 Å². The number of carbonyl (C=O) groups excluding carboxylic acids is 4. The van der Waals surface area contributed by atoms with Gasteiger partial charge in [0.1, 0.15) is 17.9 Å². The van der Waals surface area contributed by atoms with Gasteiger partial charge in [-0.25, -0.2) is 4.79 Å². The number of nitrogens with one attached hydrogen (secondary N) is 2. The first-order valence-corrected chi connectivity index (χ1v) is 15.1. The summed E-state index contributed by atoms with van der Waals surface area (Å²) in [6.07, 6.45) is 5.87. The Bertz CT molecular complexity index is 1300. The minimum Gasteiger partial charge on any atom is -0.497 e. The Morgan fingerprint density at radius 2 is 1.66 bits per heavy atom. The second-order valence-electron chi connectivity index (χ2n) is 11.6. The Balaban J connectivity index is 1.88. The summed E-state index contributed by atoms with van der Waals surface area (Å²) in [6.45, 7) is 7.36. The van der Waals surface area contributed by atoms with Crippen LogP contribution in [0.15, 0.2) is 72.8 Å². The predicted molar refractivity (Wildman–Crippen MR) is 168 cm³/mol. The molecule has 0 aliphatic carbocycles.